The maximum atomic E-state index is 13.6. The van der Waals surface area contributed by atoms with Crippen LogP contribution in [0.4, 0.5) is 10.1 Å². The number of carbonyl (C=O) groups is 1. The van der Waals surface area contributed by atoms with Crippen molar-refractivity contribution < 1.29 is 18.7 Å². The van der Waals surface area contributed by atoms with E-state index in [9.17, 15) is 9.18 Å². The highest BCUT2D eigenvalue weighted by molar-refractivity contribution is 9.10. The number of thiocarbonyl (C=S) groups is 1. The lowest BCUT2D eigenvalue weighted by Crippen LogP contribution is -2.27. The fourth-order valence-electron chi connectivity index (χ4n) is 2.56. The molecule has 0 aromatic heterocycles. The highest BCUT2D eigenvalue weighted by atomic mass is 79.9. The first-order chi connectivity index (χ1) is 13.4. The summed E-state index contributed by atoms with van der Waals surface area (Å²) >= 11 is 9.86. The Bertz CT molecular complexity index is 1030. The predicted octanol–water partition coefficient (Wildman–Crippen LogP) is 5.01. The van der Waals surface area contributed by atoms with Crippen LogP contribution in [-0.4, -0.2) is 23.9 Å². The molecule has 0 spiro atoms. The minimum Gasteiger partial charge on any atom is -0.493 e. The van der Waals surface area contributed by atoms with Gasteiger partial charge in [-0.2, -0.15) is 0 Å². The van der Waals surface area contributed by atoms with Crippen molar-refractivity contribution in [1.29, 1.82) is 0 Å². The van der Waals surface area contributed by atoms with Crippen molar-refractivity contribution in [1.82, 2.24) is 0 Å². The highest BCUT2D eigenvalue weighted by Crippen LogP contribution is 2.40. The summed E-state index contributed by atoms with van der Waals surface area (Å²) in [6, 6.07) is 9.24. The summed E-state index contributed by atoms with van der Waals surface area (Å²) in [5.41, 5.74) is 0.975. The topological polar surface area (TPSA) is 38.8 Å². The molecule has 0 atom stereocenters. The van der Waals surface area contributed by atoms with Crippen molar-refractivity contribution in [3.8, 4) is 23.8 Å². The fourth-order valence-corrected chi connectivity index (χ4v) is 4.31. The molecule has 8 heteroatoms. The van der Waals surface area contributed by atoms with Crippen molar-refractivity contribution in [3.63, 3.8) is 0 Å². The van der Waals surface area contributed by atoms with E-state index < -0.39 is 5.82 Å². The molecule has 0 saturated carbocycles. The van der Waals surface area contributed by atoms with E-state index in [0.29, 0.717) is 32.0 Å². The van der Waals surface area contributed by atoms with Crippen LogP contribution in [0.2, 0.25) is 0 Å². The van der Waals surface area contributed by atoms with Gasteiger partial charge in [0.05, 0.1) is 17.7 Å². The Labute approximate surface area is 179 Å². The molecule has 142 valence electrons. The van der Waals surface area contributed by atoms with Crippen LogP contribution in [0.15, 0.2) is 45.8 Å². The first-order valence-electron chi connectivity index (χ1n) is 7.92. The normalized spacial score (nSPS) is 15.1. The Morgan fingerprint density at radius 3 is 2.86 bits per heavy atom. The molecule has 0 unspecified atom stereocenters. The van der Waals surface area contributed by atoms with Gasteiger partial charge in [-0.15, -0.1) is 6.42 Å². The number of halogens is 2. The Kier molecular flexibility index (Phi) is 6.39. The van der Waals surface area contributed by atoms with E-state index in [1.165, 1.54) is 30.2 Å². The molecule has 0 radical (unpaired) electrons. The lowest BCUT2D eigenvalue weighted by atomic mass is 10.1. The number of rotatable bonds is 5. The molecule has 3 rings (SSSR count). The number of hydrogen-bond acceptors (Lipinski definition) is 5. The van der Waals surface area contributed by atoms with Crippen LogP contribution in [0.3, 0.4) is 0 Å². The molecule has 28 heavy (non-hydrogen) atoms. The number of ether oxygens (including phenoxy) is 2. The molecule has 1 aliphatic rings. The van der Waals surface area contributed by atoms with Crippen LogP contribution < -0.4 is 14.4 Å². The number of hydrogen-bond donors (Lipinski definition) is 0. The monoisotopic (exact) mass is 477 g/mol. The Balaban J connectivity index is 2.02. The standard InChI is InChI=1S/C20H13BrFNO3S2/c1-3-7-26-18-12(8-13(21)10-16(18)25-2)9-17-19(24)23(20(27)28-17)15-6-4-5-14(22)11-15/h1,4-6,8-11H,7H2,2H3/b17-9-. The Morgan fingerprint density at radius 1 is 1.39 bits per heavy atom. The third-order valence-corrected chi connectivity index (χ3v) is 5.47. The molecular weight excluding hydrogens is 465 g/mol. The second kappa shape index (κ2) is 8.78. The third-order valence-electron chi connectivity index (χ3n) is 3.71. The average Bonchev–Trinajstić information content (AvgIpc) is 2.93. The number of carbonyl (C=O) groups excluding carboxylic acids is 1. The van der Waals surface area contributed by atoms with Crippen molar-refractivity contribution in [3.05, 3.63) is 57.2 Å². The number of anilines is 1. The van der Waals surface area contributed by atoms with E-state index in [-0.39, 0.29) is 12.5 Å². The molecule has 0 bridgehead atoms. The van der Waals surface area contributed by atoms with Gasteiger partial charge in [0.2, 0.25) is 0 Å². The molecule has 0 N–H and O–H groups in total. The summed E-state index contributed by atoms with van der Waals surface area (Å²) in [5, 5.41) is 0. The molecule has 1 aliphatic heterocycles. The summed E-state index contributed by atoms with van der Waals surface area (Å²) in [6.45, 7) is 0.0447. The first kappa shape index (κ1) is 20.4. The van der Waals surface area contributed by atoms with Crippen LogP contribution in [0.25, 0.3) is 6.08 Å². The average molecular weight is 478 g/mol. The maximum Gasteiger partial charge on any atom is 0.270 e. The lowest BCUT2D eigenvalue weighted by molar-refractivity contribution is -0.113. The van der Waals surface area contributed by atoms with Crippen molar-refractivity contribution in [2.45, 2.75) is 0 Å². The molecule has 2 aromatic rings. The Morgan fingerprint density at radius 2 is 2.18 bits per heavy atom. The van der Waals surface area contributed by atoms with Crippen molar-refractivity contribution >= 4 is 61.9 Å². The van der Waals surface area contributed by atoms with E-state index in [2.05, 4.69) is 21.9 Å². The maximum absolute atomic E-state index is 13.6. The second-order valence-electron chi connectivity index (χ2n) is 5.52. The van der Waals surface area contributed by atoms with Gasteiger partial charge in [-0.05, 0) is 36.4 Å². The van der Waals surface area contributed by atoms with Gasteiger partial charge in [0.25, 0.3) is 5.91 Å². The summed E-state index contributed by atoms with van der Waals surface area (Å²) in [6.07, 6.45) is 6.94. The van der Waals surface area contributed by atoms with Gasteiger partial charge in [0, 0.05) is 10.0 Å². The molecule has 4 nitrogen and oxygen atoms in total. The van der Waals surface area contributed by atoms with Gasteiger partial charge in [0.15, 0.2) is 15.8 Å². The number of amides is 1. The molecular formula is C20H13BrFNO3S2. The molecule has 1 fully saturated rings. The van der Waals surface area contributed by atoms with Gasteiger partial charge >= 0.3 is 0 Å². The Hall–Kier alpha value is -2.34. The zero-order valence-electron chi connectivity index (χ0n) is 14.6. The predicted molar refractivity (Wildman–Crippen MR) is 117 cm³/mol. The number of methoxy groups -OCH3 is 1. The largest absolute Gasteiger partial charge is 0.493 e. The van der Waals surface area contributed by atoms with Crippen molar-refractivity contribution in [2.24, 2.45) is 0 Å². The van der Waals surface area contributed by atoms with E-state index in [0.717, 1.165) is 16.2 Å². The quantitative estimate of drug-likeness (QED) is 0.343. The number of thioether (sulfide) groups is 1. The van der Waals surface area contributed by atoms with Gasteiger partial charge in [-0.1, -0.05) is 51.9 Å². The van der Waals surface area contributed by atoms with E-state index in [1.54, 1.807) is 24.3 Å². The number of nitrogens with zero attached hydrogens (tertiary/aromatic N) is 1. The van der Waals surface area contributed by atoms with Crippen molar-refractivity contribution in [2.75, 3.05) is 18.6 Å². The summed E-state index contributed by atoms with van der Waals surface area (Å²) in [7, 11) is 1.51. The SMILES string of the molecule is C#CCOc1c(/C=C2\SC(=S)N(c3cccc(F)c3)C2=O)cc(Br)cc1OC. The van der Waals surface area contributed by atoms with Crippen LogP contribution in [-0.2, 0) is 4.79 Å². The van der Waals surface area contributed by atoms with E-state index in [1.807, 2.05) is 0 Å². The van der Waals surface area contributed by atoms with Gasteiger partial charge in [0.1, 0.15) is 12.4 Å². The smallest absolute Gasteiger partial charge is 0.270 e. The molecule has 2 aromatic carbocycles. The first-order valence-corrected chi connectivity index (χ1v) is 9.93. The fraction of sp³-hybridized carbons (Fsp3) is 0.100. The minimum atomic E-state index is -0.447. The number of benzene rings is 2. The number of terminal acetylenes is 1. The minimum absolute atomic E-state index is 0.0447. The summed E-state index contributed by atoms with van der Waals surface area (Å²) in [5.74, 6) is 2.50. The molecule has 1 heterocycles. The van der Waals surface area contributed by atoms with E-state index in [4.69, 9.17) is 28.1 Å². The molecule has 0 aliphatic carbocycles. The second-order valence-corrected chi connectivity index (χ2v) is 8.11. The lowest BCUT2D eigenvalue weighted by Gasteiger charge is -2.14. The van der Waals surface area contributed by atoms with Gasteiger partial charge in [-0.25, -0.2) is 4.39 Å². The van der Waals surface area contributed by atoms with Gasteiger partial charge in [-0.3, -0.25) is 9.69 Å². The van der Waals surface area contributed by atoms with Crippen LogP contribution in [0.1, 0.15) is 5.56 Å². The summed E-state index contributed by atoms with van der Waals surface area (Å²) in [4.78, 5) is 14.6. The van der Waals surface area contributed by atoms with E-state index >= 15 is 0 Å². The zero-order valence-corrected chi connectivity index (χ0v) is 17.8. The van der Waals surface area contributed by atoms with Crippen LogP contribution >= 0.6 is 39.9 Å². The zero-order chi connectivity index (χ0) is 20.3. The summed E-state index contributed by atoms with van der Waals surface area (Å²) < 4.78 is 25.6. The van der Waals surface area contributed by atoms with Crippen LogP contribution in [0, 0.1) is 18.2 Å². The van der Waals surface area contributed by atoms with Crippen LogP contribution in [0.5, 0.6) is 11.5 Å². The van der Waals surface area contributed by atoms with Gasteiger partial charge < -0.3 is 9.47 Å². The highest BCUT2D eigenvalue weighted by Gasteiger charge is 2.33. The third kappa shape index (κ3) is 4.22. The molecule has 1 amide bonds. The molecule has 1 saturated heterocycles.